The number of nitrogen functional groups attached to an aromatic ring is 2. The van der Waals surface area contributed by atoms with Crippen molar-refractivity contribution in [3.05, 3.63) is 95.1 Å². The number of benzene rings is 3. The molecule has 4 N–H and O–H groups in total. The Morgan fingerprint density at radius 1 is 0.458 bits per heavy atom. The summed E-state index contributed by atoms with van der Waals surface area (Å²) in [6, 6.07) is 25.2. The number of nitrogens with two attached hydrogens (primary N) is 2. The van der Waals surface area contributed by atoms with Gasteiger partial charge in [0.05, 0.1) is 0 Å². The predicted octanol–water partition coefficient (Wildman–Crippen LogP) is 4.42. The van der Waals surface area contributed by atoms with E-state index in [0.29, 0.717) is 0 Å². The van der Waals surface area contributed by atoms with E-state index in [1.54, 1.807) is 0 Å². The molecule has 3 aromatic rings. The van der Waals surface area contributed by atoms with Crippen molar-refractivity contribution < 1.29 is 0 Å². The average Bonchev–Trinajstić information content (AvgIpc) is 2.61. The van der Waals surface area contributed by atoms with E-state index in [0.717, 1.165) is 37.1 Å². The van der Waals surface area contributed by atoms with Gasteiger partial charge in [0.15, 0.2) is 0 Å². The molecule has 0 radical (unpaired) electrons. The lowest BCUT2D eigenvalue weighted by Gasteiger charge is -2.07. The zero-order valence-corrected chi connectivity index (χ0v) is 13.9. The summed E-state index contributed by atoms with van der Waals surface area (Å²) in [5.74, 6) is 0. The number of aryl methyl sites for hydroxylation is 4. The highest BCUT2D eigenvalue weighted by atomic mass is 14.5. The molecule has 0 spiro atoms. The molecular formula is C22H24N2. The molecule has 0 aliphatic heterocycles. The van der Waals surface area contributed by atoms with Crippen LogP contribution in [0.4, 0.5) is 11.4 Å². The highest BCUT2D eigenvalue weighted by Crippen LogP contribution is 2.14. The molecule has 24 heavy (non-hydrogen) atoms. The van der Waals surface area contributed by atoms with Crippen LogP contribution in [0, 0.1) is 0 Å². The number of hydrogen-bond donors (Lipinski definition) is 2. The average molecular weight is 316 g/mol. The summed E-state index contributed by atoms with van der Waals surface area (Å²) in [6.07, 6.45) is 4.20. The zero-order valence-electron chi connectivity index (χ0n) is 13.9. The third-order valence-corrected chi connectivity index (χ3v) is 4.36. The Morgan fingerprint density at radius 3 is 1.25 bits per heavy atom. The van der Waals surface area contributed by atoms with Crippen LogP contribution >= 0.6 is 0 Å². The first kappa shape index (κ1) is 16.1. The lowest BCUT2D eigenvalue weighted by Crippen LogP contribution is -1.96. The van der Waals surface area contributed by atoms with Crippen molar-refractivity contribution in [2.75, 3.05) is 11.5 Å². The van der Waals surface area contributed by atoms with Crippen LogP contribution in [0.3, 0.4) is 0 Å². The summed E-state index contributed by atoms with van der Waals surface area (Å²) in [7, 11) is 0. The second kappa shape index (κ2) is 7.69. The standard InChI is InChI=1S/C22H24N2/c23-21-12-8-17(9-13-21)4-6-19-2-1-3-20(16-19)7-5-18-10-14-22(24)15-11-18/h1-3,8-16H,4-7,23-24H2. The molecule has 0 atom stereocenters. The quantitative estimate of drug-likeness (QED) is 0.661. The molecule has 2 nitrogen and oxygen atoms in total. The number of rotatable bonds is 6. The van der Waals surface area contributed by atoms with Crippen molar-refractivity contribution >= 4 is 11.4 Å². The molecule has 0 saturated carbocycles. The second-order valence-electron chi connectivity index (χ2n) is 6.30. The Balaban J connectivity index is 1.57. The van der Waals surface area contributed by atoms with E-state index < -0.39 is 0 Å². The van der Waals surface area contributed by atoms with E-state index in [2.05, 4.69) is 48.5 Å². The van der Waals surface area contributed by atoms with Gasteiger partial charge in [0, 0.05) is 11.4 Å². The van der Waals surface area contributed by atoms with Crippen molar-refractivity contribution in [1.29, 1.82) is 0 Å². The molecular weight excluding hydrogens is 292 g/mol. The van der Waals surface area contributed by atoms with Gasteiger partial charge < -0.3 is 11.5 Å². The Morgan fingerprint density at radius 2 is 0.833 bits per heavy atom. The van der Waals surface area contributed by atoms with Gasteiger partial charge in [-0.2, -0.15) is 0 Å². The minimum Gasteiger partial charge on any atom is -0.399 e. The first-order valence-electron chi connectivity index (χ1n) is 8.46. The van der Waals surface area contributed by atoms with Crippen LogP contribution in [0.15, 0.2) is 72.8 Å². The van der Waals surface area contributed by atoms with Crippen molar-refractivity contribution in [2.24, 2.45) is 0 Å². The molecule has 0 aliphatic rings. The van der Waals surface area contributed by atoms with Gasteiger partial charge in [0.25, 0.3) is 0 Å². The van der Waals surface area contributed by atoms with Crippen LogP contribution in [0.25, 0.3) is 0 Å². The fraction of sp³-hybridized carbons (Fsp3) is 0.182. The first-order chi connectivity index (χ1) is 11.7. The van der Waals surface area contributed by atoms with E-state index in [1.165, 1.54) is 22.3 Å². The normalized spacial score (nSPS) is 10.7. The zero-order chi connectivity index (χ0) is 16.8. The molecule has 0 saturated heterocycles. The van der Waals surface area contributed by atoms with Crippen molar-refractivity contribution in [3.63, 3.8) is 0 Å². The molecule has 0 amide bonds. The van der Waals surface area contributed by atoms with E-state index in [9.17, 15) is 0 Å². The minimum atomic E-state index is 0.823. The van der Waals surface area contributed by atoms with Crippen molar-refractivity contribution in [3.8, 4) is 0 Å². The highest BCUT2D eigenvalue weighted by Gasteiger charge is 2.00. The maximum atomic E-state index is 5.74. The summed E-state index contributed by atoms with van der Waals surface area (Å²) in [5, 5.41) is 0. The minimum absolute atomic E-state index is 0.823. The molecule has 0 bridgehead atoms. The van der Waals surface area contributed by atoms with Gasteiger partial charge in [-0.25, -0.2) is 0 Å². The lowest BCUT2D eigenvalue weighted by atomic mass is 9.99. The second-order valence-corrected chi connectivity index (χ2v) is 6.30. The van der Waals surface area contributed by atoms with E-state index in [1.807, 2.05) is 24.3 Å². The molecule has 3 aromatic carbocycles. The Bertz CT molecular complexity index is 709. The third-order valence-electron chi connectivity index (χ3n) is 4.36. The molecule has 0 unspecified atom stereocenters. The van der Waals surface area contributed by atoms with Crippen LogP contribution in [0.5, 0.6) is 0 Å². The van der Waals surface area contributed by atoms with E-state index in [4.69, 9.17) is 11.5 Å². The van der Waals surface area contributed by atoms with Gasteiger partial charge in [-0.3, -0.25) is 0 Å². The van der Waals surface area contributed by atoms with Gasteiger partial charge in [-0.05, 0) is 72.2 Å². The largest absolute Gasteiger partial charge is 0.399 e. The van der Waals surface area contributed by atoms with Gasteiger partial charge in [0.2, 0.25) is 0 Å². The predicted molar refractivity (Wildman–Crippen MR) is 103 cm³/mol. The highest BCUT2D eigenvalue weighted by molar-refractivity contribution is 5.40. The van der Waals surface area contributed by atoms with Crippen molar-refractivity contribution in [1.82, 2.24) is 0 Å². The maximum absolute atomic E-state index is 5.74. The number of anilines is 2. The monoisotopic (exact) mass is 316 g/mol. The fourth-order valence-electron chi connectivity index (χ4n) is 2.89. The number of hydrogen-bond acceptors (Lipinski definition) is 2. The lowest BCUT2D eigenvalue weighted by molar-refractivity contribution is 0.931. The maximum Gasteiger partial charge on any atom is 0.0314 e. The summed E-state index contributed by atoms with van der Waals surface area (Å²) in [4.78, 5) is 0. The summed E-state index contributed by atoms with van der Waals surface area (Å²) in [5.41, 5.74) is 18.6. The Labute approximate surface area is 144 Å². The molecule has 0 heterocycles. The van der Waals surface area contributed by atoms with Gasteiger partial charge >= 0.3 is 0 Å². The first-order valence-corrected chi connectivity index (χ1v) is 8.46. The van der Waals surface area contributed by atoms with Crippen LogP contribution in [0.1, 0.15) is 22.3 Å². The van der Waals surface area contributed by atoms with Crippen LogP contribution < -0.4 is 11.5 Å². The molecule has 2 heteroatoms. The van der Waals surface area contributed by atoms with Gasteiger partial charge in [0.1, 0.15) is 0 Å². The van der Waals surface area contributed by atoms with Crippen LogP contribution in [-0.2, 0) is 25.7 Å². The molecule has 0 aliphatic carbocycles. The Hall–Kier alpha value is -2.74. The van der Waals surface area contributed by atoms with Crippen LogP contribution in [-0.4, -0.2) is 0 Å². The van der Waals surface area contributed by atoms with E-state index in [-0.39, 0.29) is 0 Å². The molecule has 122 valence electrons. The van der Waals surface area contributed by atoms with E-state index >= 15 is 0 Å². The molecule has 0 fully saturated rings. The van der Waals surface area contributed by atoms with Crippen LogP contribution in [0.2, 0.25) is 0 Å². The van der Waals surface area contributed by atoms with Gasteiger partial charge in [-0.15, -0.1) is 0 Å². The smallest absolute Gasteiger partial charge is 0.0314 e. The molecule has 3 rings (SSSR count). The molecule has 0 aromatic heterocycles. The topological polar surface area (TPSA) is 52.0 Å². The Kier molecular flexibility index (Phi) is 5.17. The fourth-order valence-corrected chi connectivity index (χ4v) is 2.89. The SMILES string of the molecule is Nc1ccc(CCc2cccc(CCc3ccc(N)cc3)c2)cc1. The summed E-state index contributed by atoms with van der Waals surface area (Å²) < 4.78 is 0. The summed E-state index contributed by atoms with van der Waals surface area (Å²) in [6.45, 7) is 0. The van der Waals surface area contributed by atoms with Gasteiger partial charge in [-0.1, -0.05) is 48.5 Å². The van der Waals surface area contributed by atoms with Crippen molar-refractivity contribution in [2.45, 2.75) is 25.7 Å². The third kappa shape index (κ3) is 4.63. The summed E-state index contributed by atoms with van der Waals surface area (Å²) >= 11 is 0.